The van der Waals surface area contributed by atoms with Crippen LogP contribution in [-0.4, -0.2) is 27.7 Å². The van der Waals surface area contributed by atoms with E-state index in [1.165, 1.54) is 4.90 Å². The summed E-state index contributed by atoms with van der Waals surface area (Å²) in [5.74, 6) is -0.851. The normalized spacial score (nSPS) is 17.2. The van der Waals surface area contributed by atoms with Gasteiger partial charge in [0.2, 0.25) is 5.91 Å². The van der Waals surface area contributed by atoms with Gasteiger partial charge in [-0.2, -0.15) is 0 Å². The predicted octanol–water partition coefficient (Wildman–Crippen LogP) is 5.76. The first kappa shape index (κ1) is 24.0. The number of allylic oxidation sites excluding steroid dienone is 1. The van der Waals surface area contributed by atoms with Crippen LogP contribution in [0, 0.1) is 0 Å². The van der Waals surface area contributed by atoms with Crippen molar-refractivity contribution < 1.29 is 19.2 Å². The van der Waals surface area contributed by atoms with E-state index in [4.69, 9.17) is 11.6 Å². The molecular weight excluding hydrogens is 496 g/mol. The van der Waals surface area contributed by atoms with Gasteiger partial charge < -0.3 is 0 Å². The van der Waals surface area contributed by atoms with Crippen molar-refractivity contribution in [2.24, 2.45) is 0 Å². The number of carbonyl (C=O) groups excluding carboxylic acids is 4. The smallest absolute Gasteiger partial charge is 0.286 e. The number of hydrogen-bond donors (Lipinski definition) is 1. The summed E-state index contributed by atoms with van der Waals surface area (Å²) < 4.78 is 0. The summed E-state index contributed by atoms with van der Waals surface area (Å²) in [6, 6.07) is 21.6. The lowest BCUT2D eigenvalue weighted by atomic mass is 9.86. The van der Waals surface area contributed by atoms with E-state index in [0.29, 0.717) is 27.4 Å². The van der Waals surface area contributed by atoms with Crippen molar-refractivity contribution >= 4 is 51.8 Å². The molecule has 3 aromatic rings. The molecule has 1 saturated heterocycles. The van der Waals surface area contributed by atoms with E-state index < -0.39 is 10.5 Å². The van der Waals surface area contributed by atoms with Crippen molar-refractivity contribution in [3.63, 3.8) is 0 Å². The van der Waals surface area contributed by atoms with Crippen LogP contribution in [0.15, 0.2) is 78.5 Å². The van der Waals surface area contributed by atoms with E-state index in [1.54, 1.807) is 37.3 Å². The maximum absolute atomic E-state index is 13.8. The topological polar surface area (TPSA) is 83.6 Å². The fourth-order valence-corrected chi connectivity index (χ4v) is 5.50. The molecule has 2 heterocycles. The Hall–Kier alpha value is -3.68. The van der Waals surface area contributed by atoms with Crippen LogP contribution >= 0.6 is 23.4 Å². The average Bonchev–Trinajstić information content (AvgIpc) is 3.24. The Morgan fingerprint density at radius 3 is 2.39 bits per heavy atom. The first-order chi connectivity index (χ1) is 17.4. The van der Waals surface area contributed by atoms with E-state index in [9.17, 15) is 19.2 Å². The van der Waals surface area contributed by atoms with Gasteiger partial charge in [0.1, 0.15) is 5.25 Å². The van der Waals surface area contributed by atoms with Gasteiger partial charge in [-0.3, -0.25) is 29.4 Å². The third-order valence-corrected chi connectivity index (χ3v) is 7.49. The highest BCUT2D eigenvalue weighted by Crippen LogP contribution is 2.39. The van der Waals surface area contributed by atoms with Crippen molar-refractivity contribution in [2.75, 3.05) is 0 Å². The second-order valence-electron chi connectivity index (χ2n) is 8.46. The monoisotopic (exact) mass is 516 g/mol. The molecule has 3 amide bonds. The van der Waals surface area contributed by atoms with Crippen LogP contribution in [0.3, 0.4) is 0 Å². The van der Waals surface area contributed by atoms with Crippen LogP contribution in [0.4, 0.5) is 4.79 Å². The van der Waals surface area contributed by atoms with Gasteiger partial charge in [-0.15, -0.1) is 0 Å². The van der Waals surface area contributed by atoms with Crippen LogP contribution in [0.2, 0.25) is 5.02 Å². The van der Waals surface area contributed by atoms with Crippen molar-refractivity contribution in [3.05, 3.63) is 111 Å². The highest BCUT2D eigenvalue weighted by molar-refractivity contribution is 8.15. The lowest BCUT2D eigenvalue weighted by Gasteiger charge is -2.33. The Kier molecular flexibility index (Phi) is 6.51. The molecule has 5 rings (SSSR count). The fourth-order valence-electron chi connectivity index (χ4n) is 4.49. The molecule has 180 valence electrons. The molecule has 6 nitrogen and oxygen atoms in total. The minimum Gasteiger partial charge on any atom is -0.300 e. The standard InChI is InChI=1S/C28H21ClN2O4S/c1-2-22(32)24-23(16-6-4-3-5-7-16)21-14-20(29)13-12-19(21)15-31(24)27(34)18-10-8-17(9-11-18)25-26(33)30-28(35)36-25/h3-14,25H,2,15H2,1H3,(H,30,33,35). The number of amides is 3. The summed E-state index contributed by atoms with van der Waals surface area (Å²) in [4.78, 5) is 52.2. The van der Waals surface area contributed by atoms with Crippen LogP contribution < -0.4 is 5.32 Å². The van der Waals surface area contributed by atoms with Crippen molar-refractivity contribution in [2.45, 2.75) is 25.1 Å². The molecule has 3 aromatic carbocycles. The molecule has 2 aliphatic heterocycles. The number of fused-ring (bicyclic) bond motifs is 1. The molecule has 36 heavy (non-hydrogen) atoms. The third-order valence-electron chi connectivity index (χ3n) is 6.22. The minimum atomic E-state index is -0.643. The summed E-state index contributed by atoms with van der Waals surface area (Å²) in [7, 11) is 0. The van der Waals surface area contributed by atoms with E-state index >= 15 is 0 Å². The lowest BCUT2D eigenvalue weighted by Crippen LogP contribution is -2.37. The van der Waals surface area contributed by atoms with Gasteiger partial charge in [-0.1, -0.05) is 67.1 Å². The van der Waals surface area contributed by atoms with Gasteiger partial charge >= 0.3 is 0 Å². The van der Waals surface area contributed by atoms with E-state index in [1.807, 2.05) is 42.5 Å². The van der Waals surface area contributed by atoms with Crippen molar-refractivity contribution in [1.29, 1.82) is 0 Å². The second kappa shape index (κ2) is 9.76. The highest BCUT2D eigenvalue weighted by atomic mass is 35.5. The van der Waals surface area contributed by atoms with Crippen LogP contribution in [0.5, 0.6) is 0 Å². The Balaban J connectivity index is 1.60. The summed E-state index contributed by atoms with van der Waals surface area (Å²) in [6.07, 6.45) is 0.228. The Morgan fingerprint density at radius 1 is 1.03 bits per heavy atom. The summed E-state index contributed by atoms with van der Waals surface area (Å²) in [6.45, 7) is 1.99. The van der Waals surface area contributed by atoms with Crippen LogP contribution in [0.25, 0.3) is 5.57 Å². The fraction of sp³-hybridized carbons (Fsp3) is 0.143. The van der Waals surface area contributed by atoms with Gasteiger partial charge in [0.25, 0.3) is 11.1 Å². The molecule has 0 spiro atoms. The number of ketones is 1. The molecule has 0 radical (unpaired) electrons. The number of imide groups is 1. The molecule has 1 fully saturated rings. The number of halogens is 1. The van der Waals surface area contributed by atoms with Crippen molar-refractivity contribution in [3.8, 4) is 0 Å². The zero-order chi connectivity index (χ0) is 25.4. The van der Waals surface area contributed by atoms with E-state index in [2.05, 4.69) is 5.32 Å². The molecule has 2 aliphatic rings. The average molecular weight is 517 g/mol. The minimum absolute atomic E-state index is 0.151. The molecule has 0 saturated carbocycles. The van der Waals surface area contributed by atoms with Crippen LogP contribution in [0.1, 0.15) is 51.2 Å². The second-order valence-corrected chi connectivity index (χ2v) is 9.97. The number of Topliss-reactive ketones (excluding diaryl/α,β-unsaturated/α-hetero) is 1. The number of hydrogen-bond acceptors (Lipinski definition) is 5. The Labute approximate surface area is 217 Å². The van der Waals surface area contributed by atoms with Gasteiger partial charge in [-0.05, 0) is 58.3 Å². The molecule has 1 atom stereocenters. The predicted molar refractivity (Wildman–Crippen MR) is 139 cm³/mol. The zero-order valence-corrected chi connectivity index (χ0v) is 20.9. The number of thioether (sulfide) groups is 1. The summed E-state index contributed by atoms with van der Waals surface area (Å²) >= 11 is 7.24. The summed E-state index contributed by atoms with van der Waals surface area (Å²) in [5.41, 5.74) is 4.55. The quantitative estimate of drug-likeness (QED) is 0.466. The SMILES string of the molecule is CCC(=O)C1=C(c2ccccc2)c2cc(Cl)ccc2CN1C(=O)c1ccc(C2SC(=O)NC2=O)cc1. The lowest BCUT2D eigenvalue weighted by molar-refractivity contribution is -0.119. The van der Waals surface area contributed by atoms with E-state index in [-0.39, 0.29) is 30.6 Å². The molecule has 0 aliphatic carbocycles. The first-order valence-corrected chi connectivity index (χ1v) is 12.7. The van der Waals surface area contributed by atoms with Crippen molar-refractivity contribution in [1.82, 2.24) is 10.2 Å². The first-order valence-electron chi connectivity index (χ1n) is 11.4. The molecule has 0 aromatic heterocycles. The summed E-state index contributed by atoms with van der Waals surface area (Å²) in [5, 5.41) is 1.79. The third kappa shape index (κ3) is 4.36. The number of benzene rings is 3. The number of carbonyl (C=O) groups is 4. The Morgan fingerprint density at radius 2 is 1.75 bits per heavy atom. The van der Waals surface area contributed by atoms with Crippen LogP contribution in [-0.2, 0) is 16.1 Å². The molecule has 1 N–H and O–H groups in total. The van der Waals surface area contributed by atoms with Gasteiger partial charge in [0, 0.05) is 22.6 Å². The number of nitrogens with zero attached hydrogens (tertiary/aromatic N) is 1. The maximum Gasteiger partial charge on any atom is 0.286 e. The van der Waals surface area contributed by atoms with Gasteiger partial charge in [-0.25, -0.2) is 0 Å². The molecule has 8 heteroatoms. The highest BCUT2D eigenvalue weighted by Gasteiger charge is 2.35. The Bertz CT molecular complexity index is 1430. The van der Waals surface area contributed by atoms with E-state index in [0.717, 1.165) is 28.5 Å². The zero-order valence-electron chi connectivity index (χ0n) is 19.3. The molecular formula is C28H21ClN2O4S. The molecule has 0 bridgehead atoms. The van der Waals surface area contributed by atoms with Gasteiger partial charge in [0.15, 0.2) is 5.78 Å². The number of nitrogens with one attached hydrogen (secondary N) is 1. The molecule has 1 unspecified atom stereocenters. The number of rotatable bonds is 5. The largest absolute Gasteiger partial charge is 0.300 e. The maximum atomic E-state index is 13.8. The van der Waals surface area contributed by atoms with Gasteiger partial charge in [0.05, 0.1) is 12.2 Å².